The highest BCUT2D eigenvalue weighted by Crippen LogP contribution is 2.10. The van der Waals surface area contributed by atoms with Gasteiger partial charge in [0.25, 0.3) is 0 Å². The van der Waals surface area contributed by atoms with E-state index in [0.717, 1.165) is 17.7 Å². The van der Waals surface area contributed by atoms with Gasteiger partial charge in [-0.1, -0.05) is 6.92 Å². The topological polar surface area (TPSA) is 54.7 Å². The molecule has 0 atom stereocenters. The van der Waals surface area contributed by atoms with Crippen molar-refractivity contribution in [2.24, 2.45) is 0 Å². The maximum atomic E-state index is 5.50. The molecule has 0 aliphatic carbocycles. The summed E-state index contributed by atoms with van der Waals surface area (Å²) in [6.07, 6.45) is 0.944. The normalized spacial score (nSPS) is 9.00. The lowest BCUT2D eigenvalue weighted by Crippen LogP contribution is -1.86. The summed E-state index contributed by atoms with van der Waals surface area (Å²) in [4.78, 5) is 0. The maximum Gasteiger partial charge on any atom is 0.122 e. The summed E-state index contributed by atoms with van der Waals surface area (Å²) in [6, 6.07) is 0. The molecule has 3 nitrogen and oxygen atoms in total. The van der Waals surface area contributed by atoms with E-state index in [4.69, 9.17) is 5.73 Å². The number of hydrogen-bond acceptors (Lipinski definition) is 2. The minimum absolute atomic E-state index is 0. The minimum atomic E-state index is 0. The van der Waals surface area contributed by atoms with Gasteiger partial charge in [-0.2, -0.15) is 5.10 Å². The Labute approximate surface area is 66.4 Å². The van der Waals surface area contributed by atoms with Gasteiger partial charge in [-0.05, 0) is 13.3 Å². The number of H-pyrrole nitrogens is 1. The van der Waals surface area contributed by atoms with Gasteiger partial charge < -0.3 is 5.73 Å². The van der Waals surface area contributed by atoms with Crippen LogP contribution in [0.25, 0.3) is 0 Å². The molecule has 0 amide bonds. The Morgan fingerprint density at radius 2 is 2.20 bits per heavy atom. The lowest BCUT2D eigenvalue weighted by atomic mass is 10.2. The molecule has 0 aromatic carbocycles. The average molecular weight is 162 g/mol. The Bertz CT molecular complexity index is 207. The zero-order chi connectivity index (χ0) is 6.85. The SMILES string of the molecule is CCc1n[nH]c(N)c1C.Cl. The molecule has 0 saturated carbocycles. The van der Waals surface area contributed by atoms with E-state index < -0.39 is 0 Å². The van der Waals surface area contributed by atoms with Gasteiger partial charge in [0.1, 0.15) is 5.82 Å². The van der Waals surface area contributed by atoms with Crippen molar-refractivity contribution in [3.63, 3.8) is 0 Å². The van der Waals surface area contributed by atoms with Crippen LogP contribution >= 0.6 is 12.4 Å². The highest BCUT2D eigenvalue weighted by atomic mass is 35.5. The van der Waals surface area contributed by atoms with E-state index in [1.54, 1.807) is 0 Å². The number of nitrogens with two attached hydrogens (primary N) is 1. The number of nitrogens with one attached hydrogen (secondary N) is 1. The van der Waals surface area contributed by atoms with Crippen molar-refractivity contribution < 1.29 is 0 Å². The van der Waals surface area contributed by atoms with E-state index in [1.165, 1.54) is 0 Å². The molecule has 3 N–H and O–H groups in total. The molecule has 1 aromatic rings. The Hall–Kier alpha value is -0.700. The second-order valence-corrected chi connectivity index (χ2v) is 2.06. The Kier molecular flexibility index (Phi) is 3.22. The first-order valence-corrected chi connectivity index (χ1v) is 3.05. The molecule has 0 unspecified atom stereocenters. The van der Waals surface area contributed by atoms with Gasteiger partial charge in [0.15, 0.2) is 0 Å². The van der Waals surface area contributed by atoms with E-state index in [9.17, 15) is 0 Å². The number of halogens is 1. The highest BCUT2D eigenvalue weighted by molar-refractivity contribution is 5.85. The van der Waals surface area contributed by atoms with Crippen LogP contribution in [0.4, 0.5) is 5.82 Å². The number of aromatic nitrogens is 2. The summed E-state index contributed by atoms with van der Waals surface area (Å²) in [5.74, 6) is 0.687. The number of aryl methyl sites for hydroxylation is 1. The molecule has 58 valence electrons. The van der Waals surface area contributed by atoms with Crippen molar-refractivity contribution in [3.8, 4) is 0 Å². The fraction of sp³-hybridized carbons (Fsp3) is 0.500. The Morgan fingerprint density at radius 1 is 1.60 bits per heavy atom. The third-order valence-electron chi connectivity index (χ3n) is 1.48. The van der Waals surface area contributed by atoms with Crippen LogP contribution in [0.5, 0.6) is 0 Å². The van der Waals surface area contributed by atoms with Crippen molar-refractivity contribution in [3.05, 3.63) is 11.3 Å². The largest absolute Gasteiger partial charge is 0.384 e. The van der Waals surface area contributed by atoms with Crippen LogP contribution in [0.2, 0.25) is 0 Å². The zero-order valence-electron chi connectivity index (χ0n) is 6.14. The van der Waals surface area contributed by atoms with Crippen molar-refractivity contribution in [1.82, 2.24) is 10.2 Å². The molecule has 1 rings (SSSR count). The smallest absolute Gasteiger partial charge is 0.122 e. The summed E-state index contributed by atoms with van der Waals surface area (Å²) < 4.78 is 0. The molecular weight excluding hydrogens is 150 g/mol. The number of nitrogens with zero attached hydrogens (tertiary/aromatic N) is 1. The van der Waals surface area contributed by atoms with Gasteiger partial charge in [0, 0.05) is 5.56 Å². The summed E-state index contributed by atoms with van der Waals surface area (Å²) in [5, 5.41) is 6.70. The summed E-state index contributed by atoms with van der Waals surface area (Å²) in [6.45, 7) is 4.03. The van der Waals surface area contributed by atoms with Crippen LogP contribution in [0.1, 0.15) is 18.2 Å². The first-order valence-electron chi connectivity index (χ1n) is 3.05. The second kappa shape index (κ2) is 3.46. The third-order valence-corrected chi connectivity index (χ3v) is 1.48. The molecule has 0 radical (unpaired) electrons. The molecular formula is C6H12ClN3. The van der Waals surface area contributed by atoms with Crippen LogP contribution in [0.3, 0.4) is 0 Å². The molecule has 0 aliphatic heterocycles. The second-order valence-electron chi connectivity index (χ2n) is 2.06. The molecule has 1 heterocycles. The van der Waals surface area contributed by atoms with Crippen molar-refractivity contribution in [1.29, 1.82) is 0 Å². The predicted molar refractivity (Wildman–Crippen MR) is 44.4 cm³/mol. The van der Waals surface area contributed by atoms with Crippen LogP contribution in [0, 0.1) is 6.92 Å². The van der Waals surface area contributed by atoms with E-state index in [1.807, 2.05) is 6.92 Å². The molecule has 0 aliphatic rings. The summed E-state index contributed by atoms with van der Waals surface area (Å²) in [7, 11) is 0. The first-order chi connectivity index (χ1) is 4.25. The molecule has 0 bridgehead atoms. The quantitative estimate of drug-likeness (QED) is 0.652. The summed E-state index contributed by atoms with van der Waals surface area (Å²) >= 11 is 0. The number of nitrogen functional groups attached to an aromatic ring is 1. The van der Waals surface area contributed by atoms with Crippen molar-refractivity contribution in [2.45, 2.75) is 20.3 Å². The van der Waals surface area contributed by atoms with Gasteiger partial charge in [-0.15, -0.1) is 12.4 Å². The summed E-state index contributed by atoms with van der Waals surface area (Å²) in [5.41, 5.74) is 7.64. The Morgan fingerprint density at radius 3 is 2.40 bits per heavy atom. The van der Waals surface area contributed by atoms with Crippen LogP contribution in [-0.4, -0.2) is 10.2 Å². The van der Waals surface area contributed by atoms with Gasteiger partial charge in [-0.3, -0.25) is 5.10 Å². The molecule has 0 spiro atoms. The van der Waals surface area contributed by atoms with Gasteiger partial charge in [0.05, 0.1) is 5.69 Å². The molecule has 0 fully saturated rings. The lowest BCUT2D eigenvalue weighted by Gasteiger charge is -1.88. The number of hydrogen-bond donors (Lipinski definition) is 2. The zero-order valence-corrected chi connectivity index (χ0v) is 6.96. The van der Waals surface area contributed by atoms with E-state index in [-0.39, 0.29) is 12.4 Å². The molecule has 10 heavy (non-hydrogen) atoms. The fourth-order valence-corrected chi connectivity index (χ4v) is 0.795. The first kappa shape index (κ1) is 9.30. The van der Waals surface area contributed by atoms with Crippen LogP contribution < -0.4 is 5.73 Å². The van der Waals surface area contributed by atoms with E-state index in [2.05, 4.69) is 17.1 Å². The maximum absolute atomic E-state index is 5.50. The molecule has 0 saturated heterocycles. The Balaban J connectivity index is 0.000000810. The lowest BCUT2D eigenvalue weighted by molar-refractivity contribution is 0.970. The minimum Gasteiger partial charge on any atom is -0.384 e. The van der Waals surface area contributed by atoms with Crippen molar-refractivity contribution >= 4 is 18.2 Å². The van der Waals surface area contributed by atoms with E-state index >= 15 is 0 Å². The monoisotopic (exact) mass is 161 g/mol. The fourth-order valence-electron chi connectivity index (χ4n) is 0.795. The standard InChI is InChI=1S/C6H11N3.ClH/c1-3-5-4(2)6(7)9-8-5;/h3H2,1-2H3,(H3,7,8,9);1H. The third kappa shape index (κ3) is 1.42. The number of rotatable bonds is 1. The van der Waals surface area contributed by atoms with Crippen LogP contribution in [0.15, 0.2) is 0 Å². The van der Waals surface area contributed by atoms with Crippen molar-refractivity contribution in [2.75, 3.05) is 5.73 Å². The molecule has 4 heteroatoms. The van der Waals surface area contributed by atoms with Gasteiger partial charge in [0.2, 0.25) is 0 Å². The highest BCUT2D eigenvalue weighted by Gasteiger charge is 2.01. The number of aromatic amines is 1. The predicted octanol–water partition coefficient (Wildman–Crippen LogP) is 1.28. The molecule has 1 aromatic heterocycles. The van der Waals surface area contributed by atoms with Crippen LogP contribution in [-0.2, 0) is 6.42 Å². The number of anilines is 1. The van der Waals surface area contributed by atoms with Gasteiger partial charge >= 0.3 is 0 Å². The van der Waals surface area contributed by atoms with E-state index in [0.29, 0.717) is 5.82 Å². The average Bonchev–Trinajstić information content (AvgIpc) is 2.15. The van der Waals surface area contributed by atoms with Gasteiger partial charge in [-0.25, -0.2) is 0 Å².